The summed E-state index contributed by atoms with van der Waals surface area (Å²) in [6, 6.07) is 1.27. The number of rotatable bonds is 4. The second-order valence-electron chi connectivity index (χ2n) is 10.1. The van der Waals surface area contributed by atoms with Crippen LogP contribution in [0.1, 0.15) is 51.3 Å². The van der Waals surface area contributed by atoms with Crippen LogP contribution < -0.4 is 4.90 Å². The molecule has 8 nitrogen and oxygen atoms in total. The summed E-state index contributed by atoms with van der Waals surface area (Å²) in [7, 11) is 1.36. The van der Waals surface area contributed by atoms with Crippen molar-refractivity contribution in [3.63, 3.8) is 0 Å². The molecule has 0 N–H and O–H groups in total. The largest absolute Gasteiger partial charge is 0.444 e. The molecule has 0 saturated carbocycles. The number of piperazine rings is 1. The number of hydrogen-bond acceptors (Lipinski definition) is 8. The SMILES string of the molecule is COC(C)c1cc(-c2nccs2)c2oc(N3CC4CC(C3)N4C(=O)OC(C)(C)C)nc2c1C(F)(F)F. The van der Waals surface area contributed by atoms with E-state index >= 15 is 0 Å². The summed E-state index contributed by atoms with van der Waals surface area (Å²) in [6.45, 7) is 7.76. The number of halogens is 3. The molecule has 3 aliphatic heterocycles. The van der Waals surface area contributed by atoms with Gasteiger partial charge in [-0.15, -0.1) is 11.3 Å². The summed E-state index contributed by atoms with van der Waals surface area (Å²) in [5, 5.41) is 2.28. The quantitative estimate of drug-likeness (QED) is 0.422. The highest BCUT2D eigenvalue weighted by atomic mass is 32.1. The van der Waals surface area contributed by atoms with Crippen LogP contribution in [0.25, 0.3) is 21.7 Å². The van der Waals surface area contributed by atoms with Crippen molar-refractivity contribution in [3.05, 3.63) is 28.8 Å². The molecule has 6 rings (SSSR count). The number of anilines is 1. The first-order valence-corrected chi connectivity index (χ1v) is 12.5. The summed E-state index contributed by atoms with van der Waals surface area (Å²) >= 11 is 1.30. The number of alkyl halides is 3. The smallest absolute Gasteiger partial charge is 0.418 e. The van der Waals surface area contributed by atoms with Gasteiger partial charge in [0.25, 0.3) is 6.01 Å². The van der Waals surface area contributed by atoms with Crippen molar-refractivity contribution >= 4 is 34.5 Å². The summed E-state index contributed by atoms with van der Waals surface area (Å²) < 4.78 is 59.8. The van der Waals surface area contributed by atoms with Gasteiger partial charge in [-0.2, -0.15) is 18.2 Å². The number of aromatic nitrogens is 2. The van der Waals surface area contributed by atoms with Gasteiger partial charge in [-0.1, -0.05) is 0 Å². The lowest BCUT2D eigenvalue weighted by molar-refractivity contribution is -0.138. The third-order valence-electron chi connectivity index (χ3n) is 6.49. The Balaban J connectivity index is 1.55. The van der Waals surface area contributed by atoms with Crippen molar-refractivity contribution < 1.29 is 31.9 Å². The van der Waals surface area contributed by atoms with Gasteiger partial charge in [0.2, 0.25) is 0 Å². The van der Waals surface area contributed by atoms with E-state index in [4.69, 9.17) is 13.9 Å². The molecule has 3 fully saturated rings. The number of benzene rings is 1. The van der Waals surface area contributed by atoms with Crippen molar-refractivity contribution in [1.29, 1.82) is 0 Å². The van der Waals surface area contributed by atoms with Crippen molar-refractivity contribution in [2.24, 2.45) is 0 Å². The van der Waals surface area contributed by atoms with Gasteiger partial charge in [-0.25, -0.2) is 9.78 Å². The van der Waals surface area contributed by atoms with E-state index in [0.29, 0.717) is 23.7 Å². The predicted molar refractivity (Wildman–Crippen MR) is 128 cm³/mol. The fraction of sp³-hybridized carbons (Fsp3) is 0.542. The Morgan fingerprint density at radius 3 is 2.50 bits per heavy atom. The van der Waals surface area contributed by atoms with Crippen LogP contribution in [0, 0.1) is 0 Å². The lowest BCUT2D eigenvalue weighted by Gasteiger charge is -2.55. The average Bonchev–Trinajstić information content (AvgIpc) is 3.45. The number of nitrogens with zero attached hydrogens (tertiary/aromatic N) is 4. The second-order valence-corrected chi connectivity index (χ2v) is 11.0. The molecule has 2 aromatic heterocycles. The minimum absolute atomic E-state index is 0.0276. The van der Waals surface area contributed by atoms with Crippen LogP contribution in [-0.4, -0.2) is 58.8 Å². The highest BCUT2D eigenvalue weighted by molar-refractivity contribution is 7.13. The maximum atomic E-state index is 14.3. The van der Waals surface area contributed by atoms with E-state index in [1.165, 1.54) is 24.5 Å². The van der Waals surface area contributed by atoms with Crippen molar-refractivity contribution in [1.82, 2.24) is 14.9 Å². The number of fused-ring (bicyclic) bond motifs is 3. The predicted octanol–water partition coefficient (Wildman–Crippen LogP) is 5.88. The molecule has 12 heteroatoms. The van der Waals surface area contributed by atoms with Crippen LogP contribution in [0.2, 0.25) is 0 Å². The summed E-state index contributed by atoms with van der Waals surface area (Å²) in [4.78, 5) is 24.8. The first kappa shape index (κ1) is 24.8. The van der Waals surface area contributed by atoms with Gasteiger partial charge < -0.3 is 18.8 Å². The van der Waals surface area contributed by atoms with Crippen LogP contribution in [0.5, 0.6) is 0 Å². The molecule has 1 amide bonds. The summed E-state index contributed by atoms with van der Waals surface area (Å²) in [5.74, 6) is 0. The lowest BCUT2D eigenvalue weighted by Crippen LogP contribution is -2.70. The number of oxazole rings is 1. The van der Waals surface area contributed by atoms with Crippen LogP contribution in [0.4, 0.5) is 24.0 Å². The Kier molecular flexibility index (Phi) is 5.94. The van der Waals surface area contributed by atoms with Crippen LogP contribution in [0.15, 0.2) is 22.1 Å². The van der Waals surface area contributed by atoms with E-state index in [2.05, 4.69) is 9.97 Å². The zero-order valence-corrected chi connectivity index (χ0v) is 21.4. The highest BCUT2D eigenvalue weighted by Gasteiger charge is 2.50. The Morgan fingerprint density at radius 2 is 1.94 bits per heavy atom. The first-order valence-electron chi connectivity index (χ1n) is 11.6. The second kappa shape index (κ2) is 8.62. The molecule has 36 heavy (non-hydrogen) atoms. The standard InChI is InChI=1S/C24H27F3N4O4S/c1-12(33-5)15-9-16(20-28-6-7-36-20)19-18(17(15)24(25,26)27)29-21(34-19)30-10-13-8-14(11-30)31(13)22(32)35-23(2,3)4/h6-7,9,12-14H,8,10-11H2,1-5H3. The Bertz CT molecular complexity index is 1270. The van der Waals surface area contributed by atoms with E-state index in [-0.39, 0.29) is 40.9 Å². The van der Waals surface area contributed by atoms with Gasteiger partial charge in [0, 0.05) is 31.8 Å². The van der Waals surface area contributed by atoms with Crippen molar-refractivity contribution in [2.45, 2.75) is 64.1 Å². The minimum Gasteiger partial charge on any atom is -0.444 e. The molecule has 3 unspecified atom stereocenters. The van der Waals surface area contributed by atoms with Gasteiger partial charge in [-0.05, 0) is 45.7 Å². The fourth-order valence-corrected chi connectivity index (χ4v) is 5.52. The maximum Gasteiger partial charge on any atom is 0.418 e. The molecule has 3 aliphatic rings. The van der Waals surface area contributed by atoms with Crippen molar-refractivity contribution in [3.8, 4) is 10.6 Å². The third-order valence-corrected chi connectivity index (χ3v) is 7.30. The fourth-order valence-electron chi connectivity index (χ4n) is 4.87. The van der Waals surface area contributed by atoms with Gasteiger partial charge in [-0.3, -0.25) is 4.90 Å². The molecule has 0 spiro atoms. The number of methoxy groups -OCH3 is 1. The molecule has 0 radical (unpaired) electrons. The Labute approximate surface area is 210 Å². The van der Waals surface area contributed by atoms with E-state index in [1.807, 2.05) is 20.8 Å². The Hall–Kier alpha value is -2.86. The van der Waals surface area contributed by atoms with Crippen LogP contribution in [-0.2, 0) is 15.7 Å². The van der Waals surface area contributed by atoms with E-state index < -0.39 is 23.4 Å². The van der Waals surface area contributed by atoms with E-state index in [0.717, 1.165) is 6.42 Å². The van der Waals surface area contributed by atoms with Gasteiger partial charge in [0.15, 0.2) is 5.58 Å². The lowest BCUT2D eigenvalue weighted by atomic mass is 9.88. The zero-order chi connectivity index (χ0) is 26.0. The zero-order valence-electron chi connectivity index (χ0n) is 20.5. The van der Waals surface area contributed by atoms with Crippen LogP contribution in [0.3, 0.4) is 0 Å². The molecule has 0 aliphatic carbocycles. The number of carbonyl (C=O) groups excluding carboxylic acids is 1. The number of hydrogen-bond donors (Lipinski definition) is 0. The molecular formula is C24H27F3N4O4S. The van der Waals surface area contributed by atoms with Gasteiger partial charge in [0.1, 0.15) is 16.1 Å². The monoisotopic (exact) mass is 524 g/mol. The van der Waals surface area contributed by atoms with E-state index in [9.17, 15) is 18.0 Å². The minimum atomic E-state index is -4.67. The Morgan fingerprint density at radius 1 is 1.25 bits per heavy atom. The molecule has 3 saturated heterocycles. The average molecular weight is 525 g/mol. The molecule has 5 heterocycles. The first-order chi connectivity index (χ1) is 16.9. The highest BCUT2D eigenvalue weighted by Crippen LogP contribution is 2.46. The van der Waals surface area contributed by atoms with Crippen LogP contribution >= 0.6 is 11.3 Å². The molecular weight excluding hydrogens is 497 g/mol. The van der Waals surface area contributed by atoms with Gasteiger partial charge in [0.05, 0.1) is 29.3 Å². The number of ether oxygens (including phenoxy) is 2. The molecule has 3 aromatic rings. The molecule has 1 aromatic carbocycles. The molecule has 2 bridgehead atoms. The molecule has 3 atom stereocenters. The topological polar surface area (TPSA) is 80.9 Å². The van der Waals surface area contributed by atoms with Crippen molar-refractivity contribution in [2.75, 3.05) is 25.1 Å². The normalized spacial score (nSPS) is 21.0. The summed E-state index contributed by atoms with van der Waals surface area (Å²) in [5.41, 5.74) is -1.32. The number of carbonyl (C=O) groups is 1. The van der Waals surface area contributed by atoms with Gasteiger partial charge >= 0.3 is 12.3 Å². The van der Waals surface area contributed by atoms with E-state index in [1.54, 1.807) is 28.3 Å². The summed E-state index contributed by atoms with van der Waals surface area (Å²) in [6.07, 6.45) is -3.50. The molecule has 194 valence electrons. The third kappa shape index (κ3) is 4.30. The number of amides is 1. The number of piperidine rings is 1. The number of thiazole rings is 1. The maximum absolute atomic E-state index is 14.3.